The normalized spacial score (nSPS) is 11.6. The summed E-state index contributed by atoms with van der Waals surface area (Å²) in [6.45, 7) is 7.11. The molecule has 0 aromatic heterocycles. The van der Waals surface area contributed by atoms with Crippen molar-refractivity contribution < 1.29 is 14.1 Å². The lowest BCUT2D eigenvalue weighted by Crippen LogP contribution is -2.37. The van der Waals surface area contributed by atoms with Gasteiger partial charge in [-0.3, -0.25) is 10.1 Å². The lowest BCUT2D eigenvalue weighted by molar-refractivity contribution is -0.387. The Hall–Kier alpha value is -1.53. The molecule has 6 heteroatoms. The second kappa shape index (κ2) is 6.58. The van der Waals surface area contributed by atoms with Gasteiger partial charge in [0, 0.05) is 31.3 Å². The maximum absolute atomic E-state index is 13.8. The van der Waals surface area contributed by atoms with E-state index in [-0.39, 0.29) is 17.7 Å². The van der Waals surface area contributed by atoms with Gasteiger partial charge >= 0.3 is 5.69 Å². The number of hydrogen-bond acceptors (Lipinski definition) is 4. The Labute approximate surface area is 111 Å². The molecule has 1 rings (SSSR count). The summed E-state index contributed by atoms with van der Waals surface area (Å²) < 4.78 is 19.3. The SMILES string of the molecule is CCOC(C)(C)CNCc1cccc([N+](=O)[O-])c1F. The fourth-order valence-electron chi connectivity index (χ4n) is 1.78. The molecule has 0 radical (unpaired) electrons. The number of benzene rings is 1. The van der Waals surface area contributed by atoms with Crippen LogP contribution in [0, 0.1) is 15.9 Å². The van der Waals surface area contributed by atoms with Crippen molar-refractivity contribution in [3.63, 3.8) is 0 Å². The molecule has 19 heavy (non-hydrogen) atoms. The van der Waals surface area contributed by atoms with E-state index in [0.717, 1.165) is 6.07 Å². The molecule has 0 bridgehead atoms. The van der Waals surface area contributed by atoms with Gasteiger partial charge in [0.25, 0.3) is 0 Å². The minimum atomic E-state index is -0.783. The largest absolute Gasteiger partial charge is 0.375 e. The predicted octanol–water partition coefficient (Wildman–Crippen LogP) is 2.64. The lowest BCUT2D eigenvalue weighted by atomic mass is 10.1. The van der Waals surface area contributed by atoms with Gasteiger partial charge in [-0.2, -0.15) is 4.39 Å². The Morgan fingerprint density at radius 2 is 2.16 bits per heavy atom. The summed E-state index contributed by atoms with van der Waals surface area (Å²) in [5.74, 6) is -0.783. The van der Waals surface area contributed by atoms with Crippen molar-refractivity contribution in [2.75, 3.05) is 13.2 Å². The zero-order valence-electron chi connectivity index (χ0n) is 11.4. The minimum absolute atomic E-state index is 0.226. The quantitative estimate of drug-likeness (QED) is 0.611. The molecule has 0 amide bonds. The summed E-state index contributed by atoms with van der Waals surface area (Å²) in [6, 6.07) is 4.16. The van der Waals surface area contributed by atoms with Crippen LogP contribution < -0.4 is 5.32 Å². The van der Waals surface area contributed by atoms with Crippen LogP contribution in [-0.4, -0.2) is 23.7 Å². The average molecular weight is 270 g/mol. The van der Waals surface area contributed by atoms with Crippen LogP contribution >= 0.6 is 0 Å². The molecule has 0 unspecified atom stereocenters. The summed E-state index contributed by atoms with van der Waals surface area (Å²) in [5.41, 5.74) is -0.573. The van der Waals surface area contributed by atoms with E-state index in [2.05, 4.69) is 5.32 Å². The third-order valence-electron chi connectivity index (χ3n) is 2.66. The van der Waals surface area contributed by atoms with E-state index in [1.165, 1.54) is 12.1 Å². The average Bonchev–Trinajstić information content (AvgIpc) is 2.30. The zero-order chi connectivity index (χ0) is 14.5. The van der Waals surface area contributed by atoms with Crippen molar-refractivity contribution in [3.05, 3.63) is 39.7 Å². The first-order valence-electron chi connectivity index (χ1n) is 6.14. The van der Waals surface area contributed by atoms with Gasteiger partial charge < -0.3 is 10.1 Å². The number of nitro benzene ring substituents is 1. The van der Waals surface area contributed by atoms with Gasteiger partial charge in [-0.1, -0.05) is 12.1 Å². The van der Waals surface area contributed by atoms with Crippen LogP contribution in [0.5, 0.6) is 0 Å². The summed E-state index contributed by atoms with van der Waals surface area (Å²) >= 11 is 0. The van der Waals surface area contributed by atoms with E-state index in [4.69, 9.17) is 4.74 Å². The standard InChI is InChI=1S/C13H19FN2O3/c1-4-19-13(2,3)9-15-8-10-6-5-7-11(12(10)14)16(17)18/h5-7,15H,4,8-9H2,1-3H3. The Morgan fingerprint density at radius 3 is 2.74 bits per heavy atom. The van der Waals surface area contributed by atoms with E-state index >= 15 is 0 Å². The summed E-state index contributed by atoms with van der Waals surface area (Å²) in [7, 11) is 0. The Morgan fingerprint density at radius 1 is 1.47 bits per heavy atom. The number of halogens is 1. The molecular weight excluding hydrogens is 251 g/mol. The number of nitrogens with zero attached hydrogens (tertiary/aromatic N) is 1. The fraction of sp³-hybridized carbons (Fsp3) is 0.538. The van der Waals surface area contributed by atoms with E-state index < -0.39 is 16.4 Å². The highest BCUT2D eigenvalue weighted by Crippen LogP contribution is 2.20. The first-order chi connectivity index (χ1) is 8.87. The minimum Gasteiger partial charge on any atom is -0.375 e. The highest BCUT2D eigenvalue weighted by molar-refractivity contribution is 5.36. The Balaban J connectivity index is 2.64. The molecule has 5 nitrogen and oxygen atoms in total. The third-order valence-corrected chi connectivity index (χ3v) is 2.66. The van der Waals surface area contributed by atoms with Gasteiger partial charge in [-0.25, -0.2) is 0 Å². The number of rotatable bonds is 7. The van der Waals surface area contributed by atoms with Crippen molar-refractivity contribution in [1.29, 1.82) is 0 Å². The number of ether oxygens (including phenoxy) is 1. The van der Waals surface area contributed by atoms with Gasteiger partial charge in [0.2, 0.25) is 5.82 Å². The first-order valence-corrected chi connectivity index (χ1v) is 6.14. The number of nitro groups is 1. The molecule has 106 valence electrons. The van der Waals surface area contributed by atoms with E-state index in [9.17, 15) is 14.5 Å². The van der Waals surface area contributed by atoms with E-state index in [0.29, 0.717) is 13.2 Å². The highest BCUT2D eigenvalue weighted by atomic mass is 19.1. The monoisotopic (exact) mass is 270 g/mol. The van der Waals surface area contributed by atoms with Crippen molar-refractivity contribution in [2.45, 2.75) is 32.9 Å². The van der Waals surface area contributed by atoms with Crippen LogP contribution in [0.3, 0.4) is 0 Å². The third kappa shape index (κ3) is 4.57. The molecule has 0 spiro atoms. The molecule has 1 N–H and O–H groups in total. The summed E-state index contributed by atoms with van der Waals surface area (Å²) in [5, 5.41) is 13.7. The van der Waals surface area contributed by atoms with Gasteiger partial charge in [0.05, 0.1) is 10.5 Å². The van der Waals surface area contributed by atoms with Crippen molar-refractivity contribution in [2.24, 2.45) is 0 Å². The van der Waals surface area contributed by atoms with Crippen LogP contribution in [0.4, 0.5) is 10.1 Å². The molecule has 1 aromatic rings. The fourth-order valence-corrected chi connectivity index (χ4v) is 1.78. The van der Waals surface area contributed by atoms with Crippen LogP contribution in [0.25, 0.3) is 0 Å². The summed E-state index contributed by atoms with van der Waals surface area (Å²) in [6.07, 6.45) is 0. The van der Waals surface area contributed by atoms with Crippen LogP contribution in [0.1, 0.15) is 26.3 Å². The van der Waals surface area contributed by atoms with Gasteiger partial charge in [-0.05, 0) is 20.8 Å². The number of nitrogens with one attached hydrogen (secondary N) is 1. The van der Waals surface area contributed by atoms with Gasteiger partial charge in [0.15, 0.2) is 0 Å². The van der Waals surface area contributed by atoms with Crippen LogP contribution in [0.2, 0.25) is 0 Å². The molecular formula is C13H19FN2O3. The molecule has 0 fully saturated rings. The molecule has 0 aliphatic heterocycles. The molecule has 0 saturated heterocycles. The Bertz CT molecular complexity index is 450. The van der Waals surface area contributed by atoms with Gasteiger partial charge in [0.1, 0.15) is 0 Å². The Kier molecular flexibility index (Phi) is 5.38. The second-order valence-electron chi connectivity index (χ2n) is 4.80. The van der Waals surface area contributed by atoms with Crippen LogP contribution in [-0.2, 0) is 11.3 Å². The molecule has 1 aromatic carbocycles. The molecule has 0 aliphatic rings. The maximum atomic E-state index is 13.8. The molecule has 0 saturated carbocycles. The lowest BCUT2D eigenvalue weighted by Gasteiger charge is -2.25. The van der Waals surface area contributed by atoms with Crippen molar-refractivity contribution in [1.82, 2.24) is 5.32 Å². The second-order valence-corrected chi connectivity index (χ2v) is 4.80. The maximum Gasteiger partial charge on any atom is 0.305 e. The van der Waals surface area contributed by atoms with Crippen LogP contribution in [0.15, 0.2) is 18.2 Å². The summed E-state index contributed by atoms with van der Waals surface area (Å²) in [4.78, 5) is 9.90. The smallest absolute Gasteiger partial charge is 0.305 e. The molecule has 0 heterocycles. The van der Waals surface area contributed by atoms with E-state index in [1.54, 1.807) is 0 Å². The predicted molar refractivity (Wildman–Crippen MR) is 70.5 cm³/mol. The van der Waals surface area contributed by atoms with Crippen molar-refractivity contribution in [3.8, 4) is 0 Å². The molecule has 0 aliphatic carbocycles. The van der Waals surface area contributed by atoms with Gasteiger partial charge in [-0.15, -0.1) is 0 Å². The number of hydrogen-bond donors (Lipinski definition) is 1. The highest BCUT2D eigenvalue weighted by Gasteiger charge is 2.19. The van der Waals surface area contributed by atoms with Crippen molar-refractivity contribution >= 4 is 5.69 Å². The topological polar surface area (TPSA) is 64.4 Å². The first kappa shape index (κ1) is 15.5. The zero-order valence-corrected chi connectivity index (χ0v) is 11.4. The van der Waals surface area contributed by atoms with E-state index in [1.807, 2.05) is 20.8 Å². The molecule has 0 atom stereocenters.